The van der Waals surface area contributed by atoms with Gasteiger partial charge in [-0.3, -0.25) is 10.9 Å². The van der Waals surface area contributed by atoms with E-state index in [2.05, 4.69) is 21.3 Å². The molecule has 1 rings (SSSR count). The number of ether oxygens (including phenoxy) is 1. The molecule has 6 nitrogen and oxygen atoms in total. The molecule has 0 radical (unpaired) electrons. The number of rotatable bonds is 6. The number of methoxy groups -OCH3 is 1. The van der Waals surface area contributed by atoms with Gasteiger partial charge < -0.3 is 15.3 Å². The molecule has 0 aliphatic rings. The average molecular weight is 252 g/mol. The predicted molar refractivity (Wildman–Crippen MR) is 71.0 cm³/mol. The minimum atomic E-state index is 0.199. The van der Waals surface area contributed by atoms with Crippen LogP contribution >= 0.6 is 0 Å². The van der Waals surface area contributed by atoms with Gasteiger partial charge in [-0.25, -0.2) is 0 Å². The van der Waals surface area contributed by atoms with Crippen LogP contribution in [0.3, 0.4) is 0 Å². The summed E-state index contributed by atoms with van der Waals surface area (Å²) in [5, 5.41) is 15.3. The maximum Gasteiger partial charge on any atom is 0.172 e. The Morgan fingerprint density at radius 2 is 2.06 bits per heavy atom. The Hall–Kier alpha value is -1.79. The standard InChI is InChI=1S/C12H20N4O2/c1-9(15-13-2)8-14-12(16-17)10-4-6-11(18-3)7-5-10/h4-7,9,13,15,17H,8H2,1-3H3,(H,14,16). The molecule has 0 saturated carbocycles. The first-order valence-electron chi connectivity index (χ1n) is 5.74. The number of benzene rings is 1. The molecule has 6 heteroatoms. The molecule has 1 aromatic carbocycles. The van der Waals surface area contributed by atoms with Crippen LogP contribution in [0.15, 0.2) is 29.4 Å². The number of hydrogen-bond donors (Lipinski definition) is 4. The zero-order valence-electron chi connectivity index (χ0n) is 10.9. The fourth-order valence-electron chi connectivity index (χ4n) is 1.49. The Balaban J connectivity index is 2.60. The van der Waals surface area contributed by atoms with Gasteiger partial charge in [0, 0.05) is 18.2 Å². The second-order valence-corrected chi connectivity index (χ2v) is 3.85. The van der Waals surface area contributed by atoms with Gasteiger partial charge in [-0.15, -0.1) is 0 Å². The molecule has 1 aromatic rings. The zero-order chi connectivity index (χ0) is 13.4. The largest absolute Gasteiger partial charge is 0.497 e. The van der Waals surface area contributed by atoms with Crippen LogP contribution in [0.25, 0.3) is 0 Å². The lowest BCUT2D eigenvalue weighted by atomic mass is 10.2. The van der Waals surface area contributed by atoms with Crippen molar-refractivity contribution in [3.05, 3.63) is 29.8 Å². The van der Waals surface area contributed by atoms with Gasteiger partial charge in [-0.2, -0.15) is 0 Å². The molecule has 1 atom stereocenters. The molecule has 0 aliphatic heterocycles. The number of amidine groups is 1. The van der Waals surface area contributed by atoms with E-state index < -0.39 is 0 Å². The van der Waals surface area contributed by atoms with E-state index in [1.165, 1.54) is 0 Å². The van der Waals surface area contributed by atoms with E-state index in [1.807, 2.05) is 31.2 Å². The summed E-state index contributed by atoms with van der Waals surface area (Å²) in [4.78, 5) is 0. The summed E-state index contributed by atoms with van der Waals surface area (Å²) in [6.07, 6.45) is 0. The Kier molecular flexibility index (Phi) is 5.96. The highest BCUT2D eigenvalue weighted by Crippen LogP contribution is 2.11. The number of nitrogens with zero attached hydrogens (tertiary/aromatic N) is 1. The highest BCUT2D eigenvalue weighted by atomic mass is 16.5. The first kappa shape index (κ1) is 14.3. The third-order valence-corrected chi connectivity index (χ3v) is 2.43. The average Bonchev–Trinajstić information content (AvgIpc) is 2.40. The van der Waals surface area contributed by atoms with Crippen LogP contribution in [-0.2, 0) is 0 Å². The van der Waals surface area contributed by atoms with Crippen LogP contribution < -0.4 is 20.9 Å². The number of hydrazine groups is 1. The van der Waals surface area contributed by atoms with Gasteiger partial charge in [0.15, 0.2) is 5.84 Å². The molecule has 0 bridgehead atoms. The van der Waals surface area contributed by atoms with E-state index in [0.29, 0.717) is 12.4 Å². The summed E-state index contributed by atoms with van der Waals surface area (Å²) in [7, 11) is 3.42. The fraction of sp³-hybridized carbons (Fsp3) is 0.417. The van der Waals surface area contributed by atoms with Crippen molar-refractivity contribution in [2.45, 2.75) is 13.0 Å². The number of oxime groups is 1. The second kappa shape index (κ2) is 7.52. The van der Waals surface area contributed by atoms with Crippen molar-refractivity contribution in [1.82, 2.24) is 16.2 Å². The minimum absolute atomic E-state index is 0.199. The van der Waals surface area contributed by atoms with E-state index >= 15 is 0 Å². The van der Waals surface area contributed by atoms with Crippen LogP contribution in [0.5, 0.6) is 5.75 Å². The van der Waals surface area contributed by atoms with Gasteiger partial charge in [0.25, 0.3) is 0 Å². The molecule has 0 amide bonds. The monoisotopic (exact) mass is 252 g/mol. The van der Waals surface area contributed by atoms with Gasteiger partial charge in [0.1, 0.15) is 5.75 Å². The van der Waals surface area contributed by atoms with Crippen molar-refractivity contribution >= 4 is 5.84 Å². The first-order chi connectivity index (χ1) is 8.71. The summed E-state index contributed by atoms with van der Waals surface area (Å²) in [6, 6.07) is 7.49. The summed E-state index contributed by atoms with van der Waals surface area (Å²) < 4.78 is 5.07. The summed E-state index contributed by atoms with van der Waals surface area (Å²) in [6.45, 7) is 2.64. The molecule has 18 heavy (non-hydrogen) atoms. The molecule has 0 heterocycles. The highest BCUT2D eigenvalue weighted by Gasteiger charge is 2.06. The molecule has 0 fully saturated rings. The van der Waals surface area contributed by atoms with Crippen molar-refractivity contribution in [3.8, 4) is 5.75 Å². The molecular weight excluding hydrogens is 232 g/mol. The summed E-state index contributed by atoms with van der Waals surface area (Å²) >= 11 is 0. The molecule has 100 valence electrons. The third kappa shape index (κ3) is 4.23. The van der Waals surface area contributed by atoms with Gasteiger partial charge in [-0.05, 0) is 38.2 Å². The van der Waals surface area contributed by atoms with E-state index in [9.17, 15) is 0 Å². The fourth-order valence-corrected chi connectivity index (χ4v) is 1.49. The van der Waals surface area contributed by atoms with E-state index in [0.717, 1.165) is 11.3 Å². The molecule has 0 spiro atoms. The third-order valence-electron chi connectivity index (χ3n) is 2.43. The van der Waals surface area contributed by atoms with E-state index in [-0.39, 0.29) is 6.04 Å². The number of hydrogen-bond acceptors (Lipinski definition) is 5. The Morgan fingerprint density at radius 3 is 2.56 bits per heavy atom. The lowest BCUT2D eigenvalue weighted by Gasteiger charge is -2.15. The van der Waals surface area contributed by atoms with Gasteiger partial charge in [0.2, 0.25) is 0 Å². The molecule has 1 unspecified atom stereocenters. The Morgan fingerprint density at radius 1 is 1.39 bits per heavy atom. The smallest absolute Gasteiger partial charge is 0.172 e. The topological polar surface area (TPSA) is 77.9 Å². The van der Waals surface area contributed by atoms with Gasteiger partial charge in [-0.1, -0.05) is 5.16 Å². The normalized spacial score (nSPS) is 13.2. The maximum atomic E-state index is 9.01. The maximum absolute atomic E-state index is 9.01. The van der Waals surface area contributed by atoms with E-state index in [1.54, 1.807) is 14.2 Å². The van der Waals surface area contributed by atoms with Crippen LogP contribution in [-0.4, -0.2) is 37.8 Å². The molecule has 4 N–H and O–H groups in total. The lowest BCUT2D eigenvalue weighted by molar-refractivity contribution is 0.316. The first-order valence-corrected chi connectivity index (χ1v) is 5.74. The van der Waals surface area contributed by atoms with Crippen LogP contribution in [0.4, 0.5) is 0 Å². The lowest BCUT2D eigenvalue weighted by Crippen LogP contribution is -2.44. The Labute approximate surface area is 107 Å². The SMILES string of the molecule is CNNC(C)CN/C(=N\O)c1ccc(OC)cc1. The van der Waals surface area contributed by atoms with E-state index in [4.69, 9.17) is 9.94 Å². The zero-order valence-corrected chi connectivity index (χ0v) is 10.9. The molecule has 0 aliphatic carbocycles. The minimum Gasteiger partial charge on any atom is -0.497 e. The van der Waals surface area contributed by atoms with Crippen molar-refractivity contribution in [1.29, 1.82) is 0 Å². The van der Waals surface area contributed by atoms with Crippen molar-refractivity contribution < 1.29 is 9.94 Å². The van der Waals surface area contributed by atoms with Gasteiger partial charge >= 0.3 is 0 Å². The second-order valence-electron chi connectivity index (χ2n) is 3.85. The Bertz CT molecular complexity index is 378. The highest BCUT2D eigenvalue weighted by molar-refractivity contribution is 5.98. The summed E-state index contributed by atoms with van der Waals surface area (Å²) in [5.41, 5.74) is 6.68. The van der Waals surface area contributed by atoms with Crippen molar-refractivity contribution in [2.75, 3.05) is 20.7 Å². The van der Waals surface area contributed by atoms with Gasteiger partial charge in [0.05, 0.1) is 7.11 Å². The molecular formula is C12H20N4O2. The van der Waals surface area contributed by atoms with Crippen LogP contribution in [0.2, 0.25) is 0 Å². The van der Waals surface area contributed by atoms with Crippen molar-refractivity contribution in [3.63, 3.8) is 0 Å². The molecule has 0 aromatic heterocycles. The van der Waals surface area contributed by atoms with Crippen LogP contribution in [0, 0.1) is 0 Å². The predicted octanol–water partition coefficient (Wildman–Crippen LogP) is 0.533. The van der Waals surface area contributed by atoms with Crippen LogP contribution in [0.1, 0.15) is 12.5 Å². The molecule has 0 saturated heterocycles. The number of nitrogens with one attached hydrogen (secondary N) is 3. The summed E-state index contributed by atoms with van der Waals surface area (Å²) in [5.74, 6) is 1.20. The van der Waals surface area contributed by atoms with Crippen molar-refractivity contribution in [2.24, 2.45) is 5.16 Å². The quantitative estimate of drug-likeness (QED) is 0.257.